The Kier molecular flexibility index (Phi) is 23.4. The molecule has 254 valence electrons. The summed E-state index contributed by atoms with van der Waals surface area (Å²) in [6.07, 6.45) is 17.2. The van der Waals surface area contributed by atoms with E-state index in [0.29, 0.717) is 44.1 Å². The lowest BCUT2D eigenvalue weighted by Crippen LogP contribution is -2.31. The fourth-order valence-electron chi connectivity index (χ4n) is 5.90. The molecule has 1 heterocycles. The second-order valence-electron chi connectivity index (χ2n) is 13.1. The van der Waals surface area contributed by atoms with E-state index in [1.807, 2.05) is 0 Å². The first-order chi connectivity index (χ1) is 20.6. The molecule has 1 rings (SSSR count). The summed E-state index contributed by atoms with van der Waals surface area (Å²) in [6.45, 7) is 4.03. The van der Waals surface area contributed by atoms with E-state index in [0.717, 1.165) is 44.9 Å². The molecule has 0 amide bonds. The average molecular weight is 615 g/mol. The standard InChI is InChI=1S/C35H66O8/c1-3-4-5-6-7-8-9-10-11-14-21-31(38)33(40)23-24-34(41)32(39)22-15-12-13-18-29(36)19-16-17-20-30(37)26-28-25-27(2)43-35(28)42/h25,27,29-34,36-41H,3-24,26H2,1-2H3/t27-,29-,30+,31-,32+,33+,34-/m0/s1. The summed E-state index contributed by atoms with van der Waals surface area (Å²) in [5.41, 5.74) is 0.545. The summed E-state index contributed by atoms with van der Waals surface area (Å²) in [5.74, 6) is -0.340. The van der Waals surface area contributed by atoms with Gasteiger partial charge in [-0.1, -0.05) is 103 Å². The largest absolute Gasteiger partial charge is 0.455 e. The third-order valence-electron chi connectivity index (χ3n) is 8.81. The molecule has 0 aromatic heterocycles. The van der Waals surface area contributed by atoms with Gasteiger partial charge >= 0.3 is 5.97 Å². The van der Waals surface area contributed by atoms with Gasteiger partial charge in [-0.05, 0) is 57.9 Å². The van der Waals surface area contributed by atoms with Crippen LogP contribution < -0.4 is 0 Å². The maximum atomic E-state index is 11.6. The Morgan fingerprint density at radius 3 is 1.40 bits per heavy atom. The summed E-state index contributed by atoms with van der Waals surface area (Å²) in [7, 11) is 0. The second kappa shape index (κ2) is 25.2. The number of esters is 1. The molecule has 7 atom stereocenters. The van der Waals surface area contributed by atoms with Gasteiger partial charge in [0.1, 0.15) is 6.10 Å². The first-order valence-corrected chi connectivity index (χ1v) is 17.6. The van der Waals surface area contributed by atoms with E-state index in [1.54, 1.807) is 13.0 Å². The van der Waals surface area contributed by atoms with Gasteiger partial charge in [-0.25, -0.2) is 4.79 Å². The Balaban J connectivity index is 1.98. The Hall–Kier alpha value is -1.03. The molecule has 0 unspecified atom stereocenters. The highest BCUT2D eigenvalue weighted by Crippen LogP contribution is 2.21. The highest BCUT2D eigenvalue weighted by Gasteiger charge is 2.24. The summed E-state index contributed by atoms with van der Waals surface area (Å²) in [6, 6.07) is 0. The molecule has 0 aromatic carbocycles. The lowest BCUT2D eigenvalue weighted by Gasteiger charge is -2.22. The van der Waals surface area contributed by atoms with E-state index in [2.05, 4.69) is 6.92 Å². The quantitative estimate of drug-likeness (QED) is 0.0443. The Morgan fingerprint density at radius 1 is 0.558 bits per heavy atom. The zero-order valence-electron chi connectivity index (χ0n) is 27.4. The molecule has 0 saturated heterocycles. The average Bonchev–Trinajstić information content (AvgIpc) is 3.29. The van der Waals surface area contributed by atoms with Gasteiger partial charge in [0.15, 0.2) is 0 Å². The number of rotatable bonds is 29. The van der Waals surface area contributed by atoms with Crippen molar-refractivity contribution in [3.8, 4) is 0 Å². The number of cyclic esters (lactones) is 1. The molecule has 0 bridgehead atoms. The zero-order chi connectivity index (χ0) is 31.9. The number of aliphatic hydroxyl groups excluding tert-OH is 6. The van der Waals surface area contributed by atoms with Crippen molar-refractivity contribution in [3.63, 3.8) is 0 Å². The monoisotopic (exact) mass is 614 g/mol. The number of ether oxygens (including phenoxy) is 1. The van der Waals surface area contributed by atoms with Gasteiger partial charge in [0.05, 0.1) is 36.6 Å². The summed E-state index contributed by atoms with van der Waals surface area (Å²) < 4.78 is 5.05. The van der Waals surface area contributed by atoms with E-state index in [9.17, 15) is 35.4 Å². The van der Waals surface area contributed by atoms with Gasteiger partial charge in [0.2, 0.25) is 0 Å². The molecule has 43 heavy (non-hydrogen) atoms. The molecule has 0 fully saturated rings. The van der Waals surface area contributed by atoms with Crippen LogP contribution in [-0.2, 0) is 9.53 Å². The summed E-state index contributed by atoms with van der Waals surface area (Å²) >= 11 is 0. The molecular formula is C35H66O8. The molecule has 1 aliphatic heterocycles. The van der Waals surface area contributed by atoms with E-state index in [1.165, 1.54) is 51.4 Å². The minimum atomic E-state index is -0.917. The molecule has 0 saturated carbocycles. The van der Waals surface area contributed by atoms with E-state index >= 15 is 0 Å². The van der Waals surface area contributed by atoms with Crippen LogP contribution in [0.15, 0.2) is 11.6 Å². The third kappa shape index (κ3) is 20.6. The van der Waals surface area contributed by atoms with Crippen molar-refractivity contribution in [1.82, 2.24) is 0 Å². The number of hydrogen-bond donors (Lipinski definition) is 6. The minimum Gasteiger partial charge on any atom is -0.455 e. The maximum Gasteiger partial charge on any atom is 0.334 e. The smallest absolute Gasteiger partial charge is 0.334 e. The molecule has 8 heteroatoms. The fraction of sp³-hybridized carbons (Fsp3) is 0.914. The lowest BCUT2D eigenvalue weighted by atomic mass is 9.96. The first-order valence-electron chi connectivity index (χ1n) is 17.6. The fourth-order valence-corrected chi connectivity index (χ4v) is 5.90. The van der Waals surface area contributed by atoms with Crippen LogP contribution in [0, 0.1) is 0 Å². The summed E-state index contributed by atoms with van der Waals surface area (Å²) in [4.78, 5) is 11.6. The Labute approximate surface area is 261 Å². The zero-order valence-corrected chi connectivity index (χ0v) is 27.4. The topological polar surface area (TPSA) is 148 Å². The first kappa shape index (κ1) is 40.0. The normalized spacial score (nSPS) is 19.5. The summed E-state index contributed by atoms with van der Waals surface area (Å²) in [5, 5.41) is 61.5. The second-order valence-corrected chi connectivity index (χ2v) is 13.1. The number of unbranched alkanes of at least 4 members (excludes halogenated alkanes) is 12. The van der Waals surface area contributed by atoms with E-state index in [4.69, 9.17) is 4.74 Å². The maximum absolute atomic E-state index is 11.6. The molecule has 6 N–H and O–H groups in total. The van der Waals surface area contributed by atoms with Gasteiger partial charge in [0, 0.05) is 12.0 Å². The molecule has 0 spiro atoms. The SMILES string of the molecule is CCCCCCCCCCCC[C@H](O)[C@H](O)CC[C@H](O)[C@H](O)CCCCC[C@H](O)CCCC[C@@H](O)CC1=C[C@H](C)OC1=O. The van der Waals surface area contributed by atoms with Crippen molar-refractivity contribution >= 4 is 5.97 Å². The van der Waals surface area contributed by atoms with Crippen molar-refractivity contribution in [2.45, 2.75) is 204 Å². The lowest BCUT2D eigenvalue weighted by molar-refractivity contribution is -0.139. The molecule has 1 aliphatic rings. The van der Waals surface area contributed by atoms with Crippen LogP contribution in [-0.4, -0.2) is 79.3 Å². The van der Waals surface area contributed by atoms with Crippen molar-refractivity contribution in [2.24, 2.45) is 0 Å². The predicted molar refractivity (Wildman–Crippen MR) is 172 cm³/mol. The molecule has 8 nitrogen and oxygen atoms in total. The van der Waals surface area contributed by atoms with Gasteiger partial charge in [-0.3, -0.25) is 0 Å². The van der Waals surface area contributed by atoms with Crippen molar-refractivity contribution in [3.05, 3.63) is 11.6 Å². The number of carbonyl (C=O) groups is 1. The van der Waals surface area contributed by atoms with Gasteiger partial charge in [-0.2, -0.15) is 0 Å². The van der Waals surface area contributed by atoms with Crippen LogP contribution in [0.5, 0.6) is 0 Å². The highest BCUT2D eigenvalue weighted by molar-refractivity contribution is 5.90. The number of hydrogen-bond acceptors (Lipinski definition) is 8. The highest BCUT2D eigenvalue weighted by atomic mass is 16.5. The van der Waals surface area contributed by atoms with Crippen LogP contribution >= 0.6 is 0 Å². The van der Waals surface area contributed by atoms with Crippen LogP contribution in [0.4, 0.5) is 0 Å². The van der Waals surface area contributed by atoms with Crippen molar-refractivity contribution in [1.29, 1.82) is 0 Å². The molecule has 0 aromatic rings. The van der Waals surface area contributed by atoms with Crippen molar-refractivity contribution < 1.29 is 40.2 Å². The Morgan fingerprint density at radius 2 is 0.930 bits per heavy atom. The van der Waals surface area contributed by atoms with Crippen LogP contribution in [0.2, 0.25) is 0 Å². The van der Waals surface area contributed by atoms with Crippen LogP contribution in [0.1, 0.15) is 162 Å². The minimum absolute atomic E-state index is 0.221. The number of aliphatic hydroxyl groups is 6. The van der Waals surface area contributed by atoms with Crippen molar-refractivity contribution in [2.75, 3.05) is 0 Å². The Bertz CT molecular complexity index is 714. The van der Waals surface area contributed by atoms with E-state index < -0.39 is 36.6 Å². The third-order valence-corrected chi connectivity index (χ3v) is 8.81. The predicted octanol–water partition coefficient (Wildman–Crippen LogP) is 6.02. The van der Waals surface area contributed by atoms with Gasteiger partial charge in [-0.15, -0.1) is 0 Å². The van der Waals surface area contributed by atoms with Gasteiger partial charge < -0.3 is 35.4 Å². The molecule has 0 aliphatic carbocycles. The van der Waals surface area contributed by atoms with E-state index in [-0.39, 0.29) is 24.9 Å². The van der Waals surface area contributed by atoms with Crippen LogP contribution in [0.25, 0.3) is 0 Å². The number of carbonyl (C=O) groups excluding carboxylic acids is 1. The molecular weight excluding hydrogens is 548 g/mol. The van der Waals surface area contributed by atoms with Crippen LogP contribution in [0.3, 0.4) is 0 Å². The van der Waals surface area contributed by atoms with Gasteiger partial charge in [0.25, 0.3) is 0 Å². The molecule has 0 radical (unpaired) electrons.